The van der Waals surface area contributed by atoms with Gasteiger partial charge < -0.3 is 96.6 Å². The van der Waals surface area contributed by atoms with Crippen molar-refractivity contribution >= 4 is 75.9 Å². The Bertz CT molecular complexity index is 3440. The van der Waals surface area contributed by atoms with Gasteiger partial charge in [0, 0.05) is 68.8 Å². The van der Waals surface area contributed by atoms with Crippen molar-refractivity contribution in [3.63, 3.8) is 0 Å². The number of phenolic OH excluding ortho intramolecular Hbond substituents is 1. The highest BCUT2D eigenvalue weighted by molar-refractivity contribution is 7.90. The average molecular weight is 1350 g/mol. The lowest BCUT2D eigenvalue weighted by atomic mass is 9.96. The average Bonchev–Trinajstić information content (AvgIpc) is 1.90. The SMILES string of the molecule is COCCCCCCOc1ccc(-c2nn3cc(-c4ccc(C(=O)NC5CC(O)CNC(=O)C6C(O)C(C)CN6C(=O)C(C(O)CC(N)=O)NC(=O)C(C(O)C(O)c6ccc(O)c(OSOOO)c6)NC(=O)C6CC(O)CN6C(=O)C(C(C)O)NC5=O)cc4)nc3s2)cc1. The number of aromatic hydroxyl groups is 1. The maximum absolute atomic E-state index is 14.7. The number of primary amides is 1. The Labute approximate surface area is 544 Å². The fourth-order valence-corrected chi connectivity index (χ4v) is 12.2. The predicted octanol–water partition coefficient (Wildman–Crippen LogP) is -1.91. The van der Waals surface area contributed by atoms with Gasteiger partial charge in [-0.15, -0.1) is 0 Å². The predicted molar refractivity (Wildman–Crippen MR) is 329 cm³/mol. The summed E-state index contributed by atoms with van der Waals surface area (Å²) >= 11 is 1.32. The van der Waals surface area contributed by atoms with Gasteiger partial charge in [-0.2, -0.15) is 5.10 Å². The molecular formula is C59H75N11O22S2. The first-order valence-electron chi connectivity index (χ1n) is 29.9. The number of amides is 8. The molecule has 0 aliphatic carbocycles. The van der Waals surface area contributed by atoms with Gasteiger partial charge in [-0.25, -0.2) is 14.8 Å². The van der Waals surface area contributed by atoms with Crippen LogP contribution in [0, 0.1) is 5.92 Å². The lowest BCUT2D eigenvalue weighted by Gasteiger charge is -2.34. The Morgan fingerprint density at radius 1 is 0.798 bits per heavy atom. The molecular weight excluding hydrogens is 1280 g/mol. The summed E-state index contributed by atoms with van der Waals surface area (Å²) in [5, 5.41) is 119. The smallest absolute Gasteiger partial charge is 0.261 e. The van der Waals surface area contributed by atoms with Crippen LogP contribution >= 0.6 is 23.7 Å². The normalized spacial score (nSPS) is 24.8. The van der Waals surface area contributed by atoms with Gasteiger partial charge in [0.15, 0.2) is 11.5 Å². The van der Waals surface area contributed by atoms with E-state index < -0.39 is 183 Å². The molecule has 0 spiro atoms. The molecule has 2 aromatic heterocycles. The minimum absolute atomic E-state index is 0.0150. The quantitative estimate of drug-likeness (QED) is 0.0147. The van der Waals surface area contributed by atoms with E-state index >= 15 is 0 Å². The zero-order chi connectivity index (χ0) is 68.1. The van der Waals surface area contributed by atoms with Gasteiger partial charge in [0.05, 0.1) is 55.4 Å². The van der Waals surface area contributed by atoms with Crippen LogP contribution < -0.4 is 41.2 Å². The van der Waals surface area contributed by atoms with Crippen LogP contribution in [-0.2, 0) is 47.7 Å². The van der Waals surface area contributed by atoms with Crippen molar-refractivity contribution in [1.82, 2.24) is 51.0 Å². The summed E-state index contributed by atoms with van der Waals surface area (Å²) in [4.78, 5) is 121. The Hall–Kier alpha value is -8.17. The van der Waals surface area contributed by atoms with Gasteiger partial charge in [0.2, 0.25) is 46.3 Å². The van der Waals surface area contributed by atoms with Crippen molar-refractivity contribution in [2.45, 2.75) is 138 Å². The van der Waals surface area contributed by atoms with Crippen LogP contribution in [0.2, 0.25) is 0 Å². The number of aliphatic hydroxyl groups excluding tert-OH is 7. The van der Waals surface area contributed by atoms with Crippen molar-refractivity contribution in [3.8, 4) is 39.1 Å². The molecule has 94 heavy (non-hydrogen) atoms. The van der Waals surface area contributed by atoms with E-state index in [2.05, 4.69) is 36.0 Å². The number of phenols is 1. The number of benzene rings is 3. The summed E-state index contributed by atoms with van der Waals surface area (Å²) in [5.74, 6) is -11.2. The molecule has 14 unspecified atom stereocenters. The number of hydrogen-bond donors (Lipinski definition) is 15. The monoisotopic (exact) mass is 1350 g/mol. The number of aliphatic hydroxyl groups is 7. The summed E-state index contributed by atoms with van der Waals surface area (Å²) < 4.78 is 21.8. The van der Waals surface area contributed by atoms with Crippen molar-refractivity contribution in [2.75, 3.05) is 40.0 Å². The second kappa shape index (κ2) is 32.8. The van der Waals surface area contributed by atoms with Crippen LogP contribution in [0.1, 0.15) is 80.8 Å². The van der Waals surface area contributed by atoms with Crippen molar-refractivity contribution in [1.29, 1.82) is 0 Å². The molecule has 3 aromatic carbocycles. The first-order valence-corrected chi connectivity index (χ1v) is 31.3. The molecule has 5 aromatic rings. The molecule has 8 rings (SSSR count). The minimum atomic E-state index is -2.53. The highest BCUT2D eigenvalue weighted by Crippen LogP contribution is 2.35. The molecule has 16 N–H and O–H groups in total. The second-order valence-electron chi connectivity index (χ2n) is 23.0. The largest absolute Gasteiger partial charge is 0.504 e. The van der Waals surface area contributed by atoms with Crippen molar-refractivity contribution in [2.24, 2.45) is 11.7 Å². The van der Waals surface area contributed by atoms with E-state index in [1.54, 1.807) is 30.0 Å². The number of imidazole rings is 1. The second-order valence-corrected chi connectivity index (χ2v) is 24.4. The molecule has 8 amide bonds. The standard InChI is InChI=1S/C59H75N11O22S2/c1-28-25-69-47(48(28)77)55(84)61-24-34(72)21-37(62-51(80)31-10-8-30(9-11-31)38-27-70-59(63-38)93-56(67-70)32-12-15-36(16-13-32)89-19-7-5-4-6-18-88-3)52(81)64-44(29(2)71)57(85)68-26-35(73)22-39(68)53(82)66-46(54(83)65-45(58(69)86)41(75)23-43(60)76)50(79)49(78)33-14-17-40(74)42(20-33)90-94-92-91-87/h8-17,20,27-29,34-35,37,39,41,44-50,71-75,77-79,87H,4-7,18-19,21-26H2,1-3H3,(H2,60,76)(H,61,84)(H,62,80)(H,64,81)(H,65,83)(H,66,82). The number of fused-ring (bicyclic) bond motifs is 3. The third-order valence-corrected chi connectivity index (χ3v) is 17.4. The number of methoxy groups -OCH3 is 1. The van der Waals surface area contributed by atoms with Crippen LogP contribution in [-0.4, -0.2) is 231 Å². The Morgan fingerprint density at radius 3 is 2.14 bits per heavy atom. The molecule has 5 heterocycles. The van der Waals surface area contributed by atoms with Crippen LogP contribution in [0.4, 0.5) is 0 Å². The summed E-state index contributed by atoms with van der Waals surface area (Å²) in [6, 6.07) is 4.21. The number of unbranched alkanes of at least 4 members (excludes halogenated alkanes) is 3. The summed E-state index contributed by atoms with van der Waals surface area (Å²) in [6.07, 6.45) is -10.4. The van der Waals surface area contributed by atoms with Gasteiger partial charge in [0.25, 0.3) is 18.2 Å². The molecule has 33 nitrogen and oxygen atoms in total. The van der Waals surface area contributed by atoms with E-state index in [0.717, 1.165) is 78.5 Å². The first-order chi connectivity index (χ1) is 44.9. The van der Waals surface area contributed by atoms with E-state index in [9.17, 15) is 79.2 Å². The van der Waals surface area contributed by atoms with E-state index in [4.69, 9.17) is 34.7 Å². The van der Waals surface area contributed by atoms with Crippen LogP contribution in [0.3, 0.4) is 0 Å². The van der Waals surface area contributed by atoms with E-state index in [1.807, 2.05) is 24.3 Å². The molecule has 35 heteroatoms. The number of nitrogens with one attached hydrogen (secondary N) is 5. The Balaban J connectivity index is 1.06. The zero-order valence-electron chi connectivity index (χ0n) is 51.0. The number of ether oxygens (including phenoxy) is 2. The highest BCUT2D eigenvalue weighted by atomic mass is 32.2. The Morgan fingerprint density at radius 2 is 1.47 bits per heavy atom. The van der Waals surface area contributed by atoms with Crippen LogP contribution in [0.5, 0.6) is 17.2 Å². The molecule has 3 saturated heterocycles. The van der Waals surface area contributed by atoms with Gasteiger partial charge in [-0.05, 0) is 80.3 Å². The fourth-order valence-electron chi connectivity index (χ4n) is 11.0. The number of hydrogen-bond acceptors (Lipinski definition) is 26. The highest BCUT2D eigenvalue weighted by Gasteiger charge is 2.50. The van der Waals surface area contributed by atoms with E-state index in [0.29, 0.717) is 27.8 Å². The third kappa shape index (κ3) is 17.8. The number of nitrogens with zero attached hydrogens (tertiary/aromatic N) is 5. The number of rotatable bonds is 23. The summed E-state index contributed by atoms with van der Waals surface area (Å²) in [6.45, 7) is 2.01. The van der Waals surface area contributed by atoms with Gasteiger partial charge in [0.1, 0.15) is 59.2 Å². The third-order valence-electron chi connectivity index (χ3n) is 16.0. The van der Waals surface area contributed by atoms with Crippen molar-refractivity contribution < 1.29 is 107 Å². The number of carbonyl (C=O) groups excluding carboxylic acids is 8. The van der Waals surface area contributed by atoms with Crippen molar-refractivity contribution in [3.05, 3.63) is 84.1 Å². The van der Waals surface area contributed by atoms with Crippen LogP contribution in [0.15, 0.2) is 72.9 Å². The summed E-state index contributed by atoms with van der Waals surface area (Å²) in [5.41, 5.74) is 6.95. The van der Waals surface area contributed by atoms with Gasteiger partial charge in [-0.1, -0.05) is 52.3 Å². The zero-order valence-corrected chi connectivity index (χ0v) is 52.6. The van der Waals surface area contributed by atoms with Gasteiger partial charge >= 0.3 is 0 Å². The Kier molecular flexibility index (Phi) is 25.0. The van der Waals surface area contributed by atoms with Gasteiger partial charge in [-0.3, -0.25) is 38.4 Å². The van der Waals surface area contributed by atoms with Crippen LogP contribution in [0.25, 0.3) is 26.8 Å². The number of β-amino-alcohol motifs (C(OH)–C–C–N with tert-alkyl or cyclic N) is 1. The number of nitrogens with two attached hydrogens (primary N) is 1. The lowest BCUT2D eigenvalue weighted by molar-refractivity contribution is -0.433. The molecule has 0 saturated carbocycles. The number of carbonyl (C=O) groups is 8. The summed E-state index contributed by atoms with van der Waals surface area (Å²) in [7, 11) is 1.69. The first kappa shape index (κ1) is 71.7. The maximum Gasteiger partial charge on any atom is 0.261 e. The lowest BCUT2D eigenvalue weighted by Crippen LogP contribution is -2.64. The molecule has 14 atom stereocenters. The minimum Gasteiger partial charge on any atom is -0.504 e. The number of aromatic nitrogens is 3. The van der Waals surface area contributed by atoms with E-state index in [-0.39, 0.29) is 23.5 Å². The molecule has 3 aliphatic rings. The molecule has 3 fully saturated rings. The fraction of sp³-hybridized carbons (Fsp3) is 0.492. The molecule has 510 valence electrons. The maximum atomic E-state index is 14.7. The topological polar surface area (TPSA) is 488 Å². The molecule has 0 bridgehead atoms. The molecule has 0 radical (unpaired) electrons. The molecule has 3 aliphatic heterocycles. The van der Waals surface area contributed by atoms with E-state index in [1.165, 1.54) is 30.4 Å².